The van der Waals surface area contributed by atoms with Crippen molar-refractivity contribution in [2.75, 3.05) is 19.7 Å². The number of fused-ring (bicyclic) bond motifs is 1. The molecule has 0 radical (unpaired) electrons. The minimum Gasteiger partial charge on any atom is -0.491 e. The van der Waals surface area contributed by atoms with E-state index in [2.05, 4.69) is 20.8 Å². The molecule has 0 amide bonds. The Kier molecular flexibility index (Phi) is 3.11. The average molecular weight is 298 g/mol. The van der Waals surface area contributed by atoms with Crippen LogP contribution in [0.1, 0.15) is 24.5 Å². The van der Waals surface area contributed by atoms with Crippen molar-refractivity contribution in [3.05, 3.63) is 28.2 Å². The van der Waals surface area contributed by atoms with Crippen LogP contribution in [0, 0.1) is 0 Å². The fraction of sp³-hybridized carbons (Fsp3) is 0.538. The summed E-state index contributed by atoms with van der Waals surface area (Å²) in [5.74, 6) is 0.808. The van der Waals surface area contributed by atoms with Crippen molar-refractivity contribution >= 4 is 15.9 Å². The Morgan fingerprint density at radius 3 is 2.82 bits per heavy atom. The van der Waals surface area contributed by atoms with Gasteiger partial charge >= 0.3 is 0 Å². The second-order valence-corrected chi connectivity index (χ2v) is 5.66. The summed E-state index contributed by atoms with van der Waals surface area (Å²) in [5, 5.41) is 10.4. The van der Waals surface area contributed by atoms with Gasteiger partial charge in [-0.15, -0.1) is 0 Å². The lowest BCUT2D eigenvalue weighted by atomic mass is 9.98. The number of hydrogen-bond acceptors (Lipinski definition) is 3. The number of halogens is 1. The molecule has 1 saturated heterocycles. The Morgan fingerprint density at radius 1 is 1.29 bits per heavy atom. The maximum atomic E-state index is 10.4. The van der Waals surface area contributed by atoms with Crippen molar-refractivity contribution in [1.82, 2.24) is 4.90 Å². The fourth-order valence-corrected chi connectivity index (χ4v) is 3.07. The zero-order valence-electron chi connectivity index (χ0n) is 9.60. The lowest BCUT2D eigenvalue weighted by Crippen LogP contribution is -2.44. The van der Waals surface area contributed by atoms with Gasteiger partial charge in [-0.1, -0.05) is 22.0 Å². The third-order valence-electron chi connectivity index (χ3n) is 3.68. The summed E-state index contributed by atoms with van der Waals surface area (Å²) in [5.41, 5.74) is 0.913. The van der Waals surface area contributed by atoms with Gasteiger partial charge < -0.3 is 9.84 Å². The Labute approximate surface area is 110 Å². The van der Waals surface area contributed by atoms with Crippen LogP contribution in [0.2, 0.25) is 0 Å². The number of hydrogen-bond donors (Lipinski definition) is 1. The predicted molar refractivity (Wildman–Crippen MR) is 69.2 cm³/mol. The third kappa shape index (κ3) is 2.09. The van der Waals surface area contributed by atoms with E-state index in [-0.39, 0.29) is 6.04 Å². The molecule has 3 nitrogen and oxygen atoms in total. The first kappa shape index (κ1) is 11.5. The predicted octanol–water partition coefficient (Wildman–Crippen LogP) is 2.34. The van der Waals surface area contributed by atoms with E-state index in [9.17, 15) is 5.11 Å². The molecule has 1 aromatic rings. The Balaban J connectivity index is 1.86. The highest BCUT2D eigenvalue weighted by Gasteiger charge is 2.34. The molecular formula is C13H16BrNO2. The van der Waals surface area contributed by atoms with Crippen LogP contribution in [0.4, 0.5) is 0 Å². The number of aliphatic hydroxyl groups excluding tert-OH is 1. The second kappa shape index (κ2) is 4.59. The van der Waals surface area contributed by atoms with Gasteiger partial charge in [-0.05, 0) is 38.1 Å². The van der Waals surface area contributed by atoms with Crippen LogP contribution in [0.3, 0.4) is 0 Å². The molecule has 2 heterocycles. The molecule has 2 aliphatic heterocycles. The highest BCUT2D eigenvalue weighted by Crippen LogP contribution is 2.36. The minimum absolute atomic E-state index is 0.117. The molecule has 0 aliphatic carbocycles. The summed E-state index contributed by atoms with van der Waals surface area (Å²) in [6.07, 6.45) is 2.04. The standard InChI is InChI=1S/C13H16BrNO2/c14-9-3-4-10-12(7-9)17-8-11(13(10)16)15-5-1-2-6-15/h3-4,7,11,13,16H,1-2,5-6,8H2/t11-,13-/m1/s1. The molecule has 1 N–H and O–H groups in total. The van der Waals surface area contributed by atoms with Crippen LogP contribution in [-0.2, 0) is 0 Å². The van der Waals surface area contributed by atoms with Gasteiger partial charge in [0.15, 0.2) is 0 Å². The van der Waals surface area contributed by atoms with E-state index >= 15 is 0 Å². The average Bonchev–Trinajstić information content (AvgIpc) is 2.82. The van der Waals surface area contributed by atoms with Crippen LogP contribution in [0.25, 0.3) is 0 Å². The molecule has 2 aliphatic rings. The third-order valence-corrected chi connectivity index (χ3v) is 4.17. The van der Waals surface area contributed by atoms with E-state index in [1.54, 1.807) is 0 Å². The molecule has 0 aromatic heterocycles. The maximum Gasteiger partial charge on any atom is 0.126 e. The molecule has 1 aromatic carbocycles. The van der Waals surface area contributed by atoms with Crippen LogP contribution in [0.15, 0.2) is 22.7 Å². The van der Waals surface area contributed by atoms with E-state index in [0.29, 0.717) is 6.61 Å². The van der Waals surface area contributed by atoms with E-state index in [0.717, 1.165) is 28.9 Å². The zero-order valence-corrected chi connectivity index (χ0v) is 11.2. The number of nitrogens with zero attached hydrogens (tertiary/aromatic N) is 1. The van der Waals surface area contributed by atoms with Crippen molar-refractivity contribution in [3.8, 4) is 5.75 Å². The highest BCUT2D eigenvalue weighted by atomic mass is 79.9. The van der Waals surface area contributed by atoms with Crippen molar-refractivity contribution in [1.29, 1.82) is 0 Å². The van der Waals surface area contributed by atoms with E-state index in [1.807, 2.05) is 18.2 Å². The molecule has 2 atom stereocenters. The van der Waals surface area contributed by atoms with E-state index in [4.69, 9.17) is 4.74 Å². The molecule has 0 unspecified atom stereocenters. The van der Waals surface area contributed by atoms with Crippen LogP contribution in [0.5, 0.6) is 5.75 Å². The van der Waals surface area contributed by atoms with Crippen molar-refractivity contribution in [2.24, 2.45) is 0 Å². The van der Waals surface area contributed by atoms with Gasteiger partial charge in [-0.2, -0.15) is 0 Å². The molecule has 0 spiro atoms. The van der Waals surface area contributed by atoms with Crippen LogP contribution >= 0.6 is 15.9 Å². The smallest absolute Gasteiger partial charge is 0.126 e. The number of likely N-dealkylation sites (tertiary alicyclic amines) is 1. The highest BCUT2D eigenvalue weighted by molar-refractivity contribution is 9.10. The van der Waals surface area contributed by atoms with Crippen molar-refractivity contribution < 1.29 is 9.84 Å². The largest absolute Gasteiger partial charge is 0.491 e. The van der Waals surface area contributed by atoms with Gasteiger partial charge in [0.05, 0.1) is 6.04 Å². The lowest BCUT2D eigenvalue weighted by molar-refractivity contribution is 0.0140. The fourth-order valence-electron chi connectivity index (χ4n) is 2.73. The quantitative estimate of drug-likeness (QED) is 0.864. The SMILES string of the molecule is O[C@@H]1c2ccc(Br)cc2OC[C@H]1N1CCCC1. The summed E-state index contributed by atoms with van der Waals surface area (Å²) in [6, 6.07) is 5.95. The Hall–Kier alpha value is -0.580. The van der Waals surface area contributed by atoms with Gasteiger partial charge in [0, 0.05) is 10.0 Å². The summed E-state index contributed by atoms with van der Waals surface area (Å²) in [4.78, 5) is 2.34. The monoisotopic (exact) mass is 297 g/mol. The first-order valence-electron chi connectivity index (χ1n) is 6.10. The molecule has 3 rings (SSSR count). The van der Waals surface area contributed by atoms with E-state index < -0.39 is 6.10 Å². The molecular weight excluding hydrogens is 282 g/mol. The summed E-state index contributed by atoms with van der Waals surface area (Å²) in [6.45, 7) is 2.75. The van der Waals surface area contributed by atoms with Gasteiger partial charge in [0.25, 0.3) is 0 Å². The molecule has 0 bridgehead atoms. The molecule has 0 saturated carbocycles. The topological polar surface area (TPSA) is 32.7 Å². The first-order chi connectivity index (χ1) is 8.25. The number of aliphatic hydroxyl groups is 1. The van der Waals surface area contributed by atoms with Crippen LogP contribution < -0.4 is 4.74 Å². The normalized spacial score (nSPS) is 28.8. The number of benzene rings is 1. The molecule has 1 fully saturated rings. The van der Waals surface area contributed by atoms with Gasteiger partial charge in [-0.3, -0.25) is 4.90 Å². The van der Waals surface area contributed by atoms with Gasteiger partial charge in [0.2, 0.25) is 0 Å². The van der Waals surface area contributed by atoms with Gasteiger partial charge in [0.1, 0.15) is 18.5 Å². The maximum absolute atomic E-state index is 10.4. The molecule has 92 valence electrons. The number of rotatable bonds is 1. The summed E-state index contributed by atoms with van der Waals surface area (Å²) >= 11 is 3.42. The second-order valence-electron chi connectivity index (χ2n) is 4.75. The lowest BCUT2D eigenvalue weighted by Gasteiger charge is -2.36. The summed E-state index contributed by atoms with van der Waals surface area (Å²) in [7, 11) is 0. The van der Waals surface area contributed by atoms with Crippen molar-refractivity contribution in [2.45, 2.75) is 25.0 Å². The van der Waals surface area contributed by atoms with Gasteiger partial charge in [-0.25, -0.2) is 0 Å². The zero-order chi connectivity index (χ0) is 11.8. The first-order valence-corrected chi connectivity index (χ1v) is 6.89. The Morgan fingerprint density at radius 2 is 2.06 bits per heavy atom. The number of ether oxygens (including phenoxy) is 1. The minimum atomic E-state index is -0.426. The molecule has 4 heteroatoms. The molecule has 17 heavy (non-hydrogen) atoms. The summed E-state index contributed by atoms with van der Waals surface area (Å²) < 4.78 is 6.76. The van der Waals surface area contributed by atoms with E-state index in [1.165, 1.54) is 12.8 Å². The van der Waals surface area contributed by atoms with Crippen LogP contribution in [-0.4, -0.2) is 35.7 Å². The van der Waals surface area contributed by atoms with Crippen molar-refractivity contribution in [3.63, 3.8) is 0 Å². The Bertz CT molecular complexity index is 418.